The standard InChI is InChI=1S/C18H16ClN3O3/c19-15-8-4-7-14(11-15)18(25)22-21-17(24)12-20-16(23)10-9-13-5-2-1-3-6-13/h1-11H,12H2,(H,20,23)(H,21,24)(H,22,25)/b10-9+. The molecule has 0 radical (unpaired) electrons. The summed E-state index contributed by atoms with van der Waals surface area (Å²) in [5.74, 6) is -1.48. The second-order valence-electron chi connectivity index (χ2n) is 4.97. The van der Waals surface area contributed by atoms with Crippen molar-refractivity contribution in [2.24, 2.45) is 0 Å². The van der Waals surface area contributed by atoms with Gasteiger partial charge in [0.05, 0.1) is 6.54 Å². The average molecular weight is 358 g/mol. The van der Waals surface area contributed by atoms with E-state index in [0.717, 1.165) is 5.56 Å². The van der Waals surface area contributed by atoms with Crippen molar-refractivity contribution in [1.82, 2.24) is 16.2 Å². The Kier molecular flexibility index (Phi) is 6.74. The van der Waals surface area contributed by atoms with Gasteiger partial charge in [-0.3, -0.25) is 25.2 Å². The summed E-state index contributed by atoms with van der Waals surface area (Å²) in [6.07, 6.45) is 2.96. The minimum absolute atomic E-state index is 0.270. The normalized spacial score (nSPS) is 10.3. The zero-order chi connectivity index (χ0) is 18.1. The van der Waals surface area contributed by atoms with Gasteiger partial charge < -0.3 is 5.32 Å². The van der Waals surface area contributed by atoms with Crippen LogP contribution in [0.4, 0.5) is 0 Å². The fourth-order valence-corrected chi connectivity index (χ4v) is 2.03. The summed E-state index contributed by atoms with van der Waals surface area (Å²) in [6, 6.07) is 15.6. The molecule has 0 aliphatic rings. The molecule has 0 atom stereocenters. The Morgan fingerprint density at radius 1 is 0.960 bits per heavy atom. The van der Waals surface area contributed by atoms with Gasteiger partial charge in [-0.2, -0.15) is 0 Å². The van der Waals surface area contributed by atoms with Gasteiger partial charge in [0.1, 0.15) is 0 Å². The summed E-state index contributed by atoms with van der Waals surface area (Å²) in [6.45, 7) is -0.270. The lowest BCUT2D eigenvalue weighted by Crippen LogP contribution is -2.46. The fraction of sp³-hybridized carbons (Fsp3) is 0.0556. The van der Waals surface area contributed by atoms with Crippen LogP contribution < -0.4 is 16.2 Å². The first-order valence-corrected chi connectivity index (χ1v) is 7.78. The van der Waals surface area contributed by atoms with Crippen molar-refractivity contribution in [3.8, 4) is 0 Å². The number of carbonyl (C=O) groups is 3. The summed E-state index contributed by atoms with van der Waals surface area (Å²) in [5, 5.41) is 2.83. The van der Waals surface area contributed by atoms with Crippen LogP contribution in [0.5, 0.6) is 0 Å². The Hall–Kier alpha value is -3.12. The van der Waals surface area contributed by atoms with E-state index in [-0.39, 0.29) is 6.54 Å². The van der Waals surface area contributed by atoms with Crippen molar-refractivity contribution in [3.63, 3.8) is 0 Å². The van der Waals surface area contributed by atoms with Gasteiger partial charge in [-0.05, 0) is 29.8 Å². The molecule has 6 nitrogen and oxygen atoms in total. The summed E-state index contributed by atoms with van der Waals surface area (Å²) in [5.41, 5.74) is 5.63. The predicted octanol–water partition coefficient (Wildman–Crippen LogP) is 1.93. The number of amides is 3. The number of rotatable bonds is 5. The molecule has 128 valence electrons. The summed E-state index contributed by atoms with van der Waals surface area (Å²) in [7, 11) is 0. The number of carbonyl (C=O) groups excluding carboxylic acids is 3. The second-order valence-corrected chi connectivity index (χ2v) is 5.41. The Morgan fingerprint density at radius 2 is 1.72 bits per heavy atom. The third-order valence-electron chi connectivity index (χ3n) is 3.05. The van der Waals surface area contributed by atoms with Crippen molar-refractivity contribution < 1.29 is 14.4 Å². The monoisotopic (exact) mass is 357 g/mol. The molecule has 0 aromatic heterocycles. The minimum atomic E-state index is -0.558. The van der Waals surface area contributed by atoms with E-state index in [1.165, 1.54) is 12.1 Å². The molecule has 0 saturated heterocycles. The van der Waals surface area contributed by atoms with Crippen LogP contribution in [0, 0.1) is 0 Å². The Bertz CT molecular complexity index is 791. The summed E-state index contributed by atoms with van der Waals surface area (Å²) >= 11 is 5.79. The van der Waals surface area contributed by atoms with Crippen molar-refractivity contribution in [3.05, 3.63) is 76.8 Å². The van der Waals surface area contributed by atoms with E-state index in [1.54, 1.807) is 24.3 Å². The number of hydrogen-bond donors (Lipinski definition) is 3. The number of halogens is 1. The lowest BCUT2D eigenvalue weighted by Gasteiger charge is -2.07. The van der Waals surface area contributed by atoms with Crippen LogP contribution in [0.3, 0.4) is 0 Å². The molecular weight excluding hydrogens is 342 g/mol. The van der Waals surface area contributed by atoms with Crippen molar-refractivity contribution in [2.75, 3.05) is 6.54 Å². The molecule has 0 aliphatic carbocycles. The molecule has 2 aromatic rings. The molecule has 0 saturated carbocycles. The van der Waals surface area contributed by atoms with Gasteiger partial charge >= 0.3 is 0 Å². The van der Waals surface area contributed by atoms with Gasteiger partial charge in [0.15, 0.2) is 0 Å². The number of hydrazine groups is 1. The molecular formula is C18H16ClN3O3. The topological polar surface area (TPSA) is 87.3 Å². The van der Waals surface area contributed by atoms with Crippen LogP contribution in [-0.2, 0) is 9.59 Å². The summed E-state index contributed by atoms with van der Waals surface area (Å²) < 4.78 is 0. The lowest BCUT2D eigenvalue weighted by atomic mass is 10.2. The molecule has 7 heteroatoms. The lowest BCUT2D eigenvalue weighted by molar-refractivity contribution is -0.124. The van der Waals surface area contributed by atoms with Crippen LogP contribution in [0.15, 0.2) is 60.7 Å². The Balaban J connectivity index is 1.72. The van der Waals surface area contributed by atoms with Crippen molar-refractivity contribution in [1.29, 1.82) is 0 Å². The first-order valence-electron chi connectivity index (χ1n) is 7.40. The van der Waals surface area contributed by atoms with Gasteiger partial charge in [0.25, 0.3) is 11.8 Å². The molecule has 0 fully saturated rings. The van der Waals surface area contributed by atoms with Crippen molar-refractivity contribution >= 4 is 35.4 Å². The van der Waals surface area contributed by atoms with Crippen LogP contribution in [0.1, 0.15) is 15.9 Å². The predicted molar refractivity (Wildman–Crippen MR) is 95.5 cm³/mol. The molecule has 0 heterocycles. The minimum Gasteiger partial charge on any atom is -0.343 e. The first kappa shape index (κ1) is 18.2. The fourth-order valence-electron chi connectivity index (χ4n) is 1.83. The first-order chi connectivity index (χ1) is 12.0. The largest absolute Gasteiger partial charge is 0.343 e. The second kappa shape index (κ2) is 9.24. The molecule has 25 heavy (non-hydrogen) atoms. The number of nitrogens with one attached hydrogen (secondary N) is 3. The third-order valence-corrected chi connectivity index (χ3v) is 3.29. The molecule has 2 aromatic carbocycles. The molecule has 0 bridgehead atoms. The van der Waals surface area contributed by atoms with Crippen LogP contribution in [0.25, 0.3) is 6.08 Å². The van der Waals surface area contributed by atoms with E-state index in [9.17, 15) is 14.4 Å². The Morgan fingerprint density at radius 3 is 2.44 bits per heavy atom. The molecule has 0 unspecified atom stereocenters. The van der Waals surface area contributed by atoms with E-state index in [0.29, 0.717) is 10.6 Å². The van der Waals surface area contributed by atoms with Gasteiger partial charge in [-0.25, -0.2) is 0 Å². The molecule has 3 amide bonds. The van der Waals surface area contributed by atoms with E-state index < -0.39 is 17.7 Å². The van der Waals surface area contributed by atoms with Crippen LogP contribution in [0.2, 0.25) is 5.02 Å². The van der Waals surface area contributed by atoms with Gasteiger partial charge in [0, 0.05) is 16.7 Å². The maximum absolute atomic E-state index is 11.8. The van der Waals surface area contributed by atoms with Gasteiger partial charge in [-0.1, -0.05) is 48.0 Å². The highest BCUT2D eigenvalue weighted by atomic mass is 35.5. The summed E-state index contributed by atoms with van der Waals surface area (Å²) in [4.78, 5) is 35.1. The quantitative estimate of drug-likeness (QED) is 0.564. The van der Waals surface area contributed by atoms with Crippen molar-refractivity contribution in [2.45, 2.75) is 0 Å². The zero-order valence-electron chi connectivity index (χ0n) is 13.2. The highest BCUT2D eigenvalue weighted by Crippen LogP contribution is 2.10. The van der Waals surface area contributed by atoms with E-state index in [1.807, 2.05) is 30.3 Å². The van der Waals surface area contributed by atoms with E-state index >= 15 is 0 Å². The van der Waals surface area contributed by atoms with E-state index in [2.05, 4.69) is 16.2 Å². The maximum atomic E-state index is 11.8. The van der Waals surface area contributed by atoms with Crippen LogP contribution in [-0.4, -0.2) is 24.3 Å². The maximum Gasteiger partial charge on any atom is 0.269 e. The van der Waals surface area contributed by atoms with Gasteiger partial charge in [0.2, 0.25) is 5.91 Å². The van der Waals surface area contributed by atoms with Crippen LogP contribution >= 0.6 is 11.6 Å². The number of hydrogen-bond acceptors (Lipinski definition) is 3. The SMILES string of the molecule is O=C(/C=C/c1ccccc1)NCC(=O)NNC(=O)c1cccc(Cl)c1. The molecule has 2 rings (SSSR count). The third kappa shape index (κ3) is 6.48. The molecule has 3 N–H and O–H groups in total. The number of benzene rings is 2. The average Bonchev–Trinajstić information content (AvgIpc) is 2.63. The molecule has 0 spiro atoms. The zero-order valence-corrected chi connectivity index (χ0v) is 13.9. The van der Waals surface area contributed by atoms with E-state index in [4.69, 9.17) is 11.6 Å². The highest BCUT2D eigenvalue weighted by Gasteiger charge is 2.08. The van der Waals surface area contributed by atoms with Gasteiger partial charge in [-0.15, -0.1) is 0 Å². The highest BCUT2D eigenvalue weighted by molar-refractivity contribution is 6.30. The Labute approximate surface area is 149 Å². The molecule has 0 aliphatic heterocycles. The smallest absolute Gasteiger partial charge is 0.269 e.